The molecule has 0 bridgehead atoms. The van der Waals surface area contributed by atoms with Crippen LogP contribution in [-0.4, -0.2) is 130 Å². The van der Waals surface area contributed by atoms with Crippen molar-refractivity contribution in [2.75, 3.05) is 26.2 Å². The SMILES string of the molecule is C[C@H](NC(=O)[C@H](CCCCNC(=O)OCc1ccccc1)NC(=O)OC(C)(C)C)C(=O)N[C@H](CC(=O)OC(C)(C)C)C(=O)N[C@@H](CC(N)=O)C(=O)NCCCN(C(=O)CO)[C@@H](c1cc(-c2cc(F)ccc2F)cn1Cc1ccccc1)C(C)(C)C. The summed E-state index contributed by atoms with van der Waals surface area (Å²) in [6.07, 6.45) is -0.724. The number of esters is 1. The average Bonchev–Trinajstić information content (AvgIpc) is 2.40. The summed E-state index contributed by atoms with van der Waals surface area (Å²) < 4.78 is 47.7. The molecule has 5 atom stereocenters. The molecule has 4 aromatic rings. The Balaban J connectivity index is 1.49. The van der Waals surface area contributed by atoms with Crippen LogP contribution in [0, 0.1) is 17.0 Å². The van der Waals surface area contributed by atoms with Crippen molar-refractivity contribution in [3.8, 4) is 11.1 Å². The molecule has 1 aromatic heterocycles. The van der Waals surface area contributed by atoms with Crippen LogP contribution in [0.5, 0.6) is 0 Å². The number of nitrogens with two attached hydrogens (primary N) is 1. The molecule has 9 N–H and O–H groups in total. The van der Waals surface area contributed by atoms with E-state index >= 15 is 4.39 Å². The van der Waals surface area contributed by atoms with Crippen LogP contribution in [0.15, 0.2) is 91.1 Å². The Labute approximate surface area is 495 Å². The lowest BCUT2D eigenvalue weighted by Gasteiger charge is -2.41. The van der Waals surface area contributed by atoms with Gasteiger partial charge in [-0.3, -0.25) is 33.6 Å². The Hall–Kier alpha value is -8.41. The molecule has 4 rings (SSSR count). The molecule has 0 unspecified atom stereocenters. The minimum Gasteiger partial charge on any atom is -0.460 e. The van der Waals surface area contributed by atoms with Crippen LogP contribution in [0.3, 0.4) is 0 Å². The number of ether oxygens (including phenoxy) is 3. The lowest BCUT2D eigenvalue weighted by atomic mass is 9.83. The monoisotopic (exact) mass is 1190 g/mol. The fourth-order valence-electron chi connectivity index (χ4n) is 8.96. The number of nitrogens with zero attached hydrogens (tertiary/aromatic N) is 2. The van der Waals surface area contributed by atoms with Crippen molar-refractivity contribution >= 4 is 53.6 Å². The number of hydrogen-bond donors (Lipinski definition) is 8. The number of halogens is 2. The molecule has 24 heteroatoms. The predicted molar refractivity (Wildman–Crippen MR) is 311 cm³/mol. The fraction of sp³-hybridized carbons (Fsp3) is 0.492. The molecule has 22 nitrogen and oxygen atoms in total. The number of alkyl carbamates (subject to hydrolysis) is 2. The van der Waals surface area contributed by atoms with E-state index in [0.717, 1.165) is 29.3 Å². The molecule has 0 fully saturated rings. The van der Waals surface area contributed by atoms with Gasteiger partial charge in [-0.25, -0.2) is 18.4 Å². The number of hydrogen-bond acceptors (Lipinski definition) is 13. The van der Waals surface area contributed by atoms with E-state index in [-0.39, 0.29) is 51.2 Å². The lowest BCUT2D eigenvalue weighted by Crippen LogP contribution is -2.58. The fourth-order valence-corrected chi connectivity index (χ4v) is 8.96. The van der Waals surface area contributed by atoms with Gasteiger partial charge in [-0.1, -0.05) is 81.4 Å². The van der Waals surface area contributed by atoms with Gasteiger partial charge >= 0.3 is 18.2 Å². The van der Waals surface area contributed by atoms with E-state index in [9.17, 15) is 52.6 Å². The summed E-state index contributed by atoms with van der Waals surface area (Å²) in [6.45, 7) is 15.8. The van der Waals surface area contributed by atoms with Gasteiger partial charge in [0.25, 0.3) is 0 Å². The van der Waals surface area contributed by atoms with Crippen molar-refractivity contribution in [1.82, 2.24) is 41.4 Å². The minimum absolute atomic E-state index is 0.00633. The summed E-state index contributed by atoms with van der Waals surface area (Å²) in [7, 11) is 0. The third kappa shape index (κ3) is 24.0. The molecule has 0 spiro atoms. The number of rotatable bonds is 29. The number of aliphatic hydroxyl groups excluding tert-OH is 1. The van der Waals surface area contributed by atoms with Gasteiger partial charge < -0.3 is 66.4 Å². The highest BCUT2D eigenvalue weighted by atomic mass is 19.1. The van der Waals surface area contributed by atoms with E-state index in [2.05, 4.69) is 31.9 Å². The maximum Gasteiger partial charge on any atom is 0.408 e. The molecular formula is C61H83F2N9O13. The molecule has 0 saturated heterocycles. The van der Waals surface area contributed by atoms with E-state index < -0.39 is 132 Å². The maximum absolute atomic E-state index is 15.3. The highest BCUT2D eigenvalue weighted by Gasteiger charge is 2.38. The quantitative estimate of drug-likeness (QED) is 0.0177. The topological polar surface area (TPSA) is 308 Å². The van der Waals surface area contributed by atoms with E-state index in [4.69, 9.17) is 19.9 Å². The van der Waals surface area contributed by atoms with Crippen molar-refractivity contribution in [2.45, 2.75) is 162 Å². The Morgan fingerprint density at radius 2 is 1.24 bits per heavy atom. The molecule has 0 aliphatic carbocycles. The normalized spacial score (nSPS) is 13.3. The van der Waals surface area contributed by atoms with Crippen LogP contribution < -0.4 is 37.6 Å². The summed E-state index contributed by atoms with van der Waals surface area (Å²) in [4.78, 5) is 122. The third-order valence-electron chi connectivity index (χ3n) is 12.7. The summed E-state index contributed by atoms with van der Waals surface area (Å²) in [6, 6.07) is 16.3. The van der Waals surface area contributed by atoms with Crippen LogP contribution >= 0.6 is 0 Å². The summed E-state index contributed by atoms with van der Waals surface area (Å²) >= 11 is 0. The van der Waals surface area contributed by atoms with Gasteiger partial charge in [0.15, 0.2) is 0 Å². The van der Waals surface area contributed by atoms with Crippen LogP contribution in [0.1, 0.15) is 131 Å². The minimum atomic E-state index is -1.77. The number of carbonyl (C=O) groups is 9. The van der Waals surface area contributed by atoms with Crippen molar-refractivity contribution in [3.05, 3.63) is 120 Å². The highest BCUT2D eigenvalue weighted by Crippen LogP contribution is 2.41. The first-order valence-electron chi connectivity index (χ1n) is 28.1. The number of carbonyl (C=O) groups excluding carboxylic acids is 9. The zero-order chi connectivity index (χ0) is 63.2. The Morgan fingerprint density at radius 3 is 1.84 bits per heavy atom. The maximum atomic E-state index is 15.3. The van der Waals surface area contributed by atoms with Crippen LogP contribution in [0.25, 0.3) is 11.1 Å². The van der Waals surface area contributed by atoms with E-state index in [1.807, 2.05) is 73.9 Å². The second-order valence-electron chi connectivity index (χ2n) is 23.5. The number of aliphatic hydroxyl groups is 1. The van der Waals surface area contributed by atoms with E-state index in [1.54, 1.807) is 65.9 Å². The van der Waals surface area contributed by atoms with Gasteiger partial charge in [0.1, 0.15) is 60.2 Å². The van der Waals surface area contributed by atoms with Gasteiger partial charge in [0, 0.05) is 49.2 Å². The van der Waals surface area contributed by atoms with Crippen molar-refractivity contribution < 1.29 is 71.2 Å². The smallest absolute Gasteiger partial charge is 0.408 e. The standard InChI is InChI=1S/C61H83F2N9O13/c1-38(67-55(79)45(70-58(82)85-61(8,9)10)24-17-18-27-66-57(81)83-37-40-22-15-12-16-23-40)53(77)68-47(33-51(76)84-60(5,6)7)56(80)69-46(32-49(64)74)54(78)65-28-19-29-72(50(75)36-73)52(59(2,3)4)48-30-41(43-31-42(62)25-26-44(43)63)35-71(48)34-39-20-13-11-14-21-39/h11-16,20-23,25-26,30-31,35,38,45-47,52,73H,17-19,24,27-29,32-34,36-37H2,1-10H3,(H2,64,74)(H,65,78)(H,66,81)(H,67,79)(H,68,77)(H,69,80)(H,70,82)/t38-,45-,46-,47+,52-/m0/s1. The number of unbranched alkanes of at least 4 members (excludes halogenated alkanes) is 1. The second-order valence-corrected chi connectivity index (χ2v) is 23.5. The van der Waals surface area contributed by atoms with Gasteiger partial charge in [-0.15, -0.1) is 0 Å². The molecule has 0 saturated carbocycles. The van der Waals surface area contributed by atoms with Gasteiger partial charge in [-0.2, -0.15) is 0 Å². The van der Waals surface area contributed by atoms with Crippen molar-refractivity contribution in [3.63, 3.8) is 0 Å². The summed E-state index contributed by atoms with van der Waals surface area (Å²) in [5.74, 6) is -7.80. The number of primary amides is 1. The molecular weight excluding hydrogens is 1100 g/mol. The first-order chi connectivity index (χ1) is 39.8. The lowest BCUT2D eigenvalue weighted by molar-refractivity contribution is -0.156. The molecule has 0 aliphatic heterocycles. The molecule has 1 heterocycles. The number of amides is 8. The number of nitrogens with one attached hydrogen (secondary N) is 6. The molecule has 3 aromatic carbocycles. The molecule has 8 amide bonds. The Morgan fingerprint density at radius 1 is 0.647 bits per heavy atom. The highest BCUT2D eigenvalue weighted by molar-refractivity contribution is 5.97. The molecule has 0 aliphatic rings. The summed E-state index contributed by atoms with van der Waals surface area (Å²) in [5.41, 5.74) is 5.33. The van der Waals surface area contributed by atoms with Gasteiger partial charge in [-0.05, 0) is 115 Å². The third-order valence-corrected chi connectivity index (χ3v) is 12.7. The van der Waals surface area contributed by atoms with Crippen LogP contribution in [0.2, 0.25) is 0 Å². The van der Waals surface area contributed by atoms with Crippen molar-refractivity contribution in [2.24, 2.45) is 11.1 Å². The number of benzene rings is 3. The van der Waals surface area contributed by atoms with Gasteiger partial charge in [0.05, 0.1) is 18.9 Å². The first kappa shape index (κ1) is 69.1. The largest absolute Gasteiger partial charge is 0.460 e. The zero-order valence-electron chi connectivity index (χ0n) is 50.1. The summed E-state index contributed by atoms with van der Waals surface area (Å²) in [5, 5.41) is 25.4. The van der Waals surface area contributed by atoms with E-state index in [1.165, 1.54) is 11.8 Å². The zero-order valence-corrected chi connectivity index (χ0v) is 50.1. The Bertz CT molecular complexity index is 2920. The number of aromatic nitrogens is 1. The van der Waals surface area contributed by atoms with Gasteiger partial charge in [0.2, 0.25) is 35.4 Å². The predicted octanol–water partition coefficient (Wildman–Crippen LogP) is 5.97. The Kier molecular flexibility index (Phi) is 26.0. The second kappa shape index (κ2) is 32.0. The first-order valence-corrected chi connectivity index (χ1v) is 28.1. The van der Waals surface area contributed by atoms with E-state index in [0.29, 0.717) is 24.1 Å². The molecule has 464 valence electrons. The van der Waals surface area contributed by atoms with Crippen molar-refractivity contribution in [1.29, 1.82) is 0 Å². The molecule has 85 heavy (non-hydrogen) atoms. The van der Waals surface area contributed by atoms with Crippen LogP contribution in [-0.2, 0) is 60.9 Å². The van der Waals surface area contributed by atoms with Crippen LogP contribution in [0.4, 0.5) is 18.4 Å². The molecule has 0 radical (unpaired) electrons. The average molecular weight is 1190 g/mol.